The van der Waals surface area contributed by atoms with Gasteiger partial charge < -0.3 is 9.73 Å². The third-order valence-electron chi connectivity index (χ3n) is 4.30. The summed E-state index contributed by atoms with van der Waals surface area (Å²) in [5.41, 5.74) is 3.61. The minimum atomic E-state index is 0.455. The summed E-state index contributed by atoms with van der Waals surface area (Å²) in [4.78, 5) is 1.54. The van der Waals surface area contributed by atoms with Crippen molar-refractivity contribution >= 4 is 11.3 Å². The number of aromatic nitrogens is 2. The van der Waals surface area contributed by atoms with Crippen molar-refractivity contribution in [1.29, 1.82) is 0 Å². The van der Waals surface area contributed by atoms with E-state index in [4.69, 9.17) is 4.42 Å². The first-order chi connectivity index (χ1) is 10.8. The van der Waals surface area contributed by atoms with E-state index in [-0.39, 0.29) is 0 Å². The number of furan rings is 1. The van der Waals surface area contributed by atoms with Gasteiger partial charge in [0.15, 0.2) is 5.76 Å². The topological polar surface area (TPSA) is 53.9 Å². The van der Waals surface area contributed by atoms with Gasteiger partial charge in [-0.25, -0.2) is 0 Å². The summed E-state index contributed by atoms with van der Waals surface area (Å²) in [5.74, 6) is 1.77. The Kier molecular flexibility index (Phi) is 3.60. The van der Waals surface area contributed by atoms with Crippen LogP contribution in [-0.2, 0) is 13.0 Å². The highest BCUT2D eigenvalue weighted by atomic mass is 32.1. The second-order valence-electron chi connectivity index (χ2n) is 5.81. The summed E-state index contributed by atoms with van der Waals surface area (Å²) in [7, 11) is 0. The van der Waals surface area contributed by atoms with Crippen LogP contribution in [0.25, 0.3) is 11.5 Å². The molecule has 0 amide bonds. The van der Waals surface area contributed by atoms with Crippen molar-refractivity contribution in [3.05, 3.63) is 51.5 Å². The number of thiophene rings is 1. The van der Waals surface area contributed by atoms with Gasteiger partial charge in [0, 0.05) is 23.0 Å². The van der Waals surface area contributed by atoms with Gasteiger partial charge in [0.05, 0.1) is 6.20 Å². The summed E-state index contributed by atoms with van der Waals surface area (Å²) in [6, 6.07) is 6.69. The third kappa shape index (κ3) is 2.51. The Morgan fingerprint density at radius 1 is 1.41 bits per heavy atom. The summed E-state index contributed by atoms with van der Waals surface area (Å²) in [6.07, 6.45) is 5.59. The van der Waals surface area contributed by atoms with Crippen LogP contribution in [0.3, 0.4) is 0 Å². The van der Waals surface area contributed by atoms with E-state index in [9.17, 15) is 0 Å². The Hall–Kier alpha value is -1.85. The van der Waals surface area contributed by atoms with Crippen LogP contribution in [0.4, 0.5) is 0 Å². The smallest absolute Gasteiger partial charge is 0.152 e. The largest absolute Gasteiger partial charge is 0.460 e. The molecule has 114 valence electrons. The molecule has 0 aromatic carbocycles. The maximum atomic E-state index is 5.71. The van der Waals surface area contributed by atoms with Gasteiger partial charge in [-0.2, -0.15) is 5.10 Å². The van der Waals surface area contributed by atoms with E-state index in [2.05, 4.69) is 27.0 Å². The second kappa shape index (κ2) is 5.74. The monoisotopic (exact) mass is 313 g/mol. The zero-order valence-electron chi connectivity index (χ0n) is 12.6. The summed E-state index contributed by atoms with van der Waals surface area (Å²) < 4.78 is 5.71. The molecule has 1 aliphatic rings. The van der Waals surface area contributed by atoms with E-state index in [0.29, 0.717) is 6.04 Å². The van der Waals surface area contributed by atoms with E-state index in [1.165, 1.54) is 29.7 Å². The van der Waals surface area contributed by atoms with Crippen molar-refractivity contribution in [3.8, 4) is 11.5 Å². The molecule has 5 heteroatoms. The third-order valence-corrected chi connectivity index (χ3v) is 5.29. The van der Waals surface area contributed by atoms with Crippen LogP contribution in [0.15, 0.2) is 34.2 Å². The van der Waals surface area contributed by atoms with E-state index in [0.717, 1.165) is 29.3 Å². The normalized spacial score (nSPS) is 17.6. The standard InChI is InChI=1S/C17H19N3OS/c1-11-5-6-15(21-11)17-12(10-19-20-17)9-18-14-3-2-4-16-13(14)7-8-22-16/h5-8,10,14,18H,2-4,9H2,1H3,(H,19,20). The highest BCUT2D eigenvalue weighted by Gasteiger charge is 2.21. The van der Waals surface area contributed by atoms with Crippen LogP contribution in [0, 0.1) is 6.92 Å². The SMILES string of the molecule is Cc1ccc(-c2[nH]ncc2CNC2CCCc3sccc32)o1. The zero-order valence-corrected chi connectivity index (χ0v) is 13.4. The van der Waals surface area contributed by atoms with Crippen LogP contribution in [-0.4, -0.2) is 10.2 Å². The number of nitrogens with one attached hydrogen (secondary N) is 2. The number of aromatic amines is 1. The van der Waals surface area contributed by atoms with Gasteiger partial charge in [-0.3, -0.25) is 5.10 Å². The van der Waals surface area contributed by atoms with Crippen molar-refractivity contribution in [2.75, 3.05) is 0 Å². The zero-order chi connectivity index (χ0) is 14.9. The number of H-pyrrole nitrogens is 1. The van der Waals surface area contributed by atoms with Crippen LogP contribution >= 0.6 is 11.3 Å². The minimum Gasteiger partial charge on any atom is -0.460 e. The van der Waals surface area contributed by atoms with Gasteiger partial charge in [0.1, 0.15) is 11.5 Å². The van der Waals surface area contributed by atoms with Gasteiger partial charge in [-0.15, -0.1) is 11.3 Å². The lowest BCUT2D eigenvalue weighted by molar-refractivity contribution is 0.463. The molecule has 0 saturated carbocycles. The quantitative estimate of drug-likeness (QED) is 0.758. The molecule has 1 unspecified atom stereocenters. The van der Waals surface area contributed by atoms with Gasteiger partial charge in [-0.05, 0) is 55.3 Å². The molecule has 0 saturated heterocycles. The van der Waals surface area contributed by atoms with Crippen molar-refractivity contribution in [3.63, 3.8) is 0 Å². The molecule has 22 heavy (non-hydrogen) atoms. The lowest BCUT2D eigenvalue weighted by Gasteiger charge is -2.23. The number of aryl methyl sites for hydroxylation is 2. The van der Waals surface area contributed by atoms with Crippen molar-refractivity contribution in [2.45, 2.75) is 38.8 Å². The molecule has 4 rings (SSSR count). The Morgan fingerprint density at radius 2 is 2.36 bits per heavy atom. The predicted molar refractivity (Wildman–Crippen MR) is 87.9 cm³/mol. The van der Waals surface area contributed by atoms with E-state index in [1.54, 1.807) is 0 Å². The molecular formula is C17H19N3OS. The molecular weight excluding hydrogens is 294 g/mol. The molecule has 3 aromatic rings. The van der Waals surface area contributed by atoms with Gasteiger partial charge in [0.25, 0.3) is 0 Å². The summed E-state index contributed by atoms with van der Waals surface area (Å²) in [6.45, 7) is 2.75. The lowest BCUT2D eigenvalue weighted by Crippen LogP contribution is -2.23. The highest BCUT2D eigenvalue weighted by Crippen LogP contribution is 2.33. The first kappa shape index (κ1) is 13.8. The molecule has 0 aliphatic heterocycles. The highest BCUT2D eigenvalue weighted by molar-refractivity contribution is 7.10. The van der Waals surface area contributed by atoms with Crippen molar-refractivity contribution in [2.24, 2.45) is 0 Å². The van der Waals surface area contributed by atoms with Crippen molar-refractivity contribution < 1.29 is 4.42 Å². The number of hydrogen-bond donors (Lipinski definition) is 2. The molecule has 0 spiro atoms. The number of rotatable bonds is 4. The second-order valence-corrected chi connectivity index (χ2v) is 6.81. The lowest BCUT2D eigenvalue weighted by atomic mass is 9.94. The molecule has 2 N–H and O–H groups in total. The Balaban J connectivity index is 1.51. The van der Waals surface area contributed by atoms with Gasteiger partial charge in [0.2, 0.25) is 0 Å². The molecule has 4 nitrogen and oxygen atoms in total. The summed E-state index contributed by atoms with van der Waals surface area (Å²) in [5, 5.41) is 13.1. The Bertz CT molecular complexity index is 770. The number of fused-ring (bicyclic) bond motifs is 1. The van der Waals surface area contributed by atoms with Crippen LogP contribution in [0.5, 0.6) is 0 Å². The number of hydrogen-bond acceptors (Lipinski definition) is 4. The first-order valence-electron chi connectivity index (χ1n) is 7.70. The van der Waals surface area contributed by atoms with E-state index < -0.39 is 0 Å². The molecule has 3 heterocycles. The summed E-state index contributed by atoms with van der Waals surface area (Å²) >= 11 is 1.88. The fourth-order valence-electron chi connectivity index (χ4n) is 3.16. The predicted octanol–water partition coefficient (Wildman–Crippen LogP) is 4.21. The molecule has 1 atom stereocenters. The molecule has 0 fully saturated rings. The first-order valence-corrected chi connectivity index (χ1v) is 8.58. The van der Waals surface area contributed by atoms with Gasteiger partial charge >= 0.3 is 0 Å². The van der Waals surface area contributed by atoms with E-state index in [1.807, 2.05) is 36.6 Å². The maximum absolute atomic E-state index is 5.71. The Labute approximate surface area is 133 Å². The van der Waals surface area contributed by atoms with E-state index >= 15 is 0 Å². The molecule has 3 aromatic heterocycles. The fraction of sp³-hybridized carbons (Fsp3) is 0.353. The maximum Gasteiger partial charge on any atom is 0.152 e. The average Bonchev–Trinajstić information content (AvgIpc) is 3.24. The minimum absolute atomic E-state index is 0.455. The molecule has 1 aliphatic carbocycles. The van der Waals surface area contributed by atoms with Crippen LogP contribution in [0.1, 0.15) is 40.6 Å². The average molecular weight is 313 g/mol. The van der Waals surface area contributed by atoms with Crippen LogP contribution in [0.2, 0.25) is 0 Å². The fourth-order valence-corrected chi connectivity index (χ4v) is 4.15. The van der Waals surface area contributed by atoms with Crippen molar-refractivity contribution in [1.82, 2.24) is 15.5 Å². The van der Waals surface area contributed by atoms with Gasteiger partial charge in [-0.1, -0.05) is 0 Å². The number of nitrogens with zero attached hydrogens (tertiary/aromatic N) is 1. The molecule has 0 bridgehead atoms. The van der Waals surface area contributed by atoms with Crippen LogP contribution < -0.4 is 5.32 Å². The molecule has 0 radical (unpaired) electrons. The Morgan fingerprint density at radius 3 is 3.23 bits per heavy atom.